The van der Waals surface area contributed by atoms with E-state index in [1.807, 2.05) is 68.6 Å². The van der Waals surface area contributed by atoms with Gasteiger partial charge in [0, 0.05) is 33.2 Å². The van der Waals surface area contributed by atoms with Crippen LogP contribution in [0.1, 0.15) is 27.3 Å². The number of carbonyl (C=O) groups is 1. The van der Waals surface area contributed by atoms with E-state index in [-0.39, 0.29) is 5.91 Å². The zero-order chi connectivity index (χ0) is 17.8. The van der Waals surface area contributed by atoms with Crippen LogP contribution in [0.3, 0.4) is 0 Å². The van der Waals surface area contributed by atoms with E-state index in [2.05, 4.69) is 26.3 Å². The monoisotopic (exact) mass is 395 g/mol. The van der Waals surface area contributed by atoms with E-state index in [9.17, 15) is 4.79 Å². The molecule has 0 saturated heterocycles. The lowest BCUT2D eigenvalue weighted by molar-refractivity contribution is 0.101. The number of rotatable bonds is 4. The summed E-state index contributed by atoms with van der Waals surface area (Å²) in [7, 11) is 0. The highest BCUT2D eigenvalue weighted by Crippen LogP contribution is 2.19. The van der Waals surface area contributed by atoms with Crippen LogP contribution in [-0.4, -0.2) is 16.8 Å². The third-order valence-electron chi connectivity index (χ3n) is 3.88. The number of carbonyl (C=O) groups excluding carboxylic acids is 1. The normalized spacial score (nSPS) is 11.0. The molecule has 0 aliphatic heterocycles. The largest absolute Gasteiger partial charge is 0.270 e. The zero-order valence-corrected chi connectivity index (χ0v) is 15.6. The van der Waals surface area contributed by atoms with E-state index in [1.165, 1.54) is 0 Å². The molecule has 0 bridgehead atoms. The maximum atomic E-state index is 12.4. The van der Waals surface area contributed by atoms with Gasteiger partial charge < -0.3 is 0 Å². The number of amides is 1. The highest BCUT2D eigenvalue weighted by atomic mass is 79.9. The van der Waals surface area contributed by atoms with Crippen LogP contribution in [0.25, 0.3) is 0 Å². The average molecular weight is 396 g/mol. The molecule has 0 fully saturated rings. The Hall–Kier alpha value is -2.66. The van der Waals surface area contributed by atoms with Gasteiger partial charge >= 0.3 is 0 Å². The first-order valence-corrected chi connectivity index (χ1v) is 8.69. The molecule has 126 valence electrons. The Morgan fingerprint density at radius 1 is 1.08 bits per heavy atom. The summed E-state index contributed by atoms with van der Waals surface area (Å²) in [6.07, 6.45) is 1.81. The number of halogens is 1. The second-order valence-electron chi connectivity index (χ2n) is 5.71. The van der Waals surface area contributed by atoms with Crippen LogP contribution in [-0.2, 0) is 0 Å². The van der Waals surface area contributed by atoms with Crippen molar-refractivity contribution in [1.82, 2.24) is 4.68 Å². The number of aryl methyl sites for hydroxylation is 1. The minimum absolute atomic E-state index is 0.141. The van der Waals surface area contributed by atoms with Crippen molar-refractivity contribution in [1.29, 1.82) is 0 Å². The van der Waals surface area contributed by atoms with E-state index in [1.54, 1.807) is 16.8 Å². The Balaban J connectivity index is 1.82. The van der Waals surface area contributed by atoms with Gasteiger partial charge in [0.25, 0.3) is 5.91 Å². The lowest BCUT2D eigenvalue weighted by Crippen LogP contribution is -2.24. The molecule has 5 heteroatoms. The van der Waals surface area contributed by atoms with E-state index in [0.29, 0.717) is 5.56 Å². The summed E-state index contributed by atoms with van der Waals surface area (Å²) in [5.74, 6) is -0.141. The number of benzene rings is 2. The van der Waals surface area contributed by atoms with Crippen LogP contribution >= 0.6 is 15.9 Å². The fourth-order valence-corrected chi connectivity index (χ4v) is 2.93. The van der Waals surface area contributed by atoms with Gasteiger partial charge in [-0.3, -0.25) is 19.9 Å². The molecule has 0 atom stereocenters. The van der Waals surface area contributed by atoms with E-state index < -0.39 is 0 Å². The third-order valence-corrected chi connectivity index (χ3v) is 4.37. The van der Waals surface area contributed by atoms with Crippen molar-refractivity contribution in [2.24, 2.45) is 4.99 Å². The molecular weight excluding hydrogens is 378 g/mol. The molecule has 1 N–H and O–H groups in total. The lowest BCUT2D eigenvalue weighted by atomic mass is 10.2. The highest BCUT2D eigenvalue weighted by Gasteiger charge is 2.11. The number of hydrogen-bond donors (Lipinski definition) is 1. The van der Waals surface area contributed by atoms with Crippen LogP contribution in [0.4, 0.5) is 5.69 Å². The predicted octanol–water partition coefficient (Wildman–Crippen LogP) is 5.00. The Morgan fingerprint density at radius 3 is 2.56 bits per heavy atom. The van der Waals surface area contributed by atoms with Crippen LogP contribution in [0.5, 0.6) is 0 Å². The first-order valence-electron chi connectivity index (χ1n) is 7.89. The molecule has 25 heavy (non-hydrogen) atoms. The smallest absolute Gasteiger partial charge is 0.267 e. The second kappa shape index (κ2) is 7.49. The molecule has 0 spiro atoms. The highest BCUT2D eigenvalue weighted by molar-refractivity contribution is 9.10. The minimum Gasteiger partial charge on any atom is -0.267 e. The molecule has 0 aliphatic rings. The topological polar surface area (TPSA) is 46.4 Å². The third kappa shape index (κ3) is 4.06. The molecule has 0 unspecified atom stereocenters. The number of aromatic nitrogens is 1. The number of aliphatic imine (C=N–C) groups is 1. The Morgan fingerprint density at radius 2 is 1.84 bits per heavy atom. The van der Waals surface area contributed by atoms with Crippen molar-refractivity contribution in [3.05, 3.63) is 87.7 Å². The zero-order valence-electron chi connectivity index (χ0n) is 14.0. The molecule has 1 aromatic heterocycles. The van der Waals surface area contributed by atoms with Crippen LogP contribution in [0.2, 0.25) is 0 Å². The maximum absolute atomic E-state index is 12.4. The molecule has 4 nitrogen and oxygen atoms in total. The Kier molecular flexibility index (Phi) is 5.14. The molecule has 3 aromatic rings. The number of nitrogens with one attached hydrogen (secondary N) is 1. The van der Waals surface area contributed by atoms with Crippen molar-refractivity contribution in [2.45, 2.75) is 13.8 Å². The first kappa shape index (κ1) is 17.2. The first-order chi connectivity index (χ1) is 12.0. The number of nitrogens with zero attached hydrogens (tertiary/aromatic N) is 2. The molecular formula is C20H18BrN3O. The summed E-state index contributed by atoms with van der Waals surface area (Å²) in [6.45, 7) is 3.91. The van der Waals surface area contributed by atoms with E-state index in [0.717, 1.165) is 27.1 Å². The van der Waals surface area contributed by atoms with Gasteiger partial charge in [0.05, 0.1) is 5.69 Å². The van der Waals surface area contributed by atoms with Gasteiger partial charge in [-0.15, -0.1) is 0 Å². The standard InChI is InChI=1S/C20H18BrN3O/c1-14-11-17(13-22-19-10-6-9-18(21)12-19)15(2)24(14)23-20(25)16-7-4-3-5-8-16/h3-13H,1-2H3,(H,23,25). The van der Waals surface area contributed by atoms with Crippen molar-refractivity contribution < 1.29 is 4.79 Å². The maximum Gasteiger partial charge on any atom is 0.270 e. The van der Waals surface area contributed by atoms with Crippen LogP contribution in [0, 0.1) is 13.8 Å². The fourth-order valence-electron chi connectivity index (χ4n) is 2.55. The van der Waals surface area contributed by atoms with Crippen molar-refractivity contribution in [3.63, 3.8) is 0 Å². The molecule has 0 saturated carbocycles. The second-order valence-corrected chi connectivity index (χ2v) is 6.62. The molecule has 1 heterocycles. The lowest BCUT2D eigenvalue weighted by Gasteiger charge is -2.11. The SMILES string of the molecule is Cc1cc(C=Nc2cccc(Br)c2)c(C)n1NC(=O)c1ccccc1. The van der Waals surface area contributed by atoms with E-state index in [4.69, 9.17) is 0 Å². The molecule has 1 amide bonds. The van der Waals surface area contributed by atoms with Crippen molar-refractivity contribution in [2.75, 3.05) is 5.43 Å². The van der Waals surface area contributed by atoms with Gasteiger partial charge in [-0.25, -0.2) is 0 Å². The molecule has 0 aliphatic carbocycles. The quantitative estimate of drug-likeness (QED) is 0.620. The Labute approximate surface area is 155 Å². The predicted molar refractivity (Wildman–Crippen MR) is 105 cm³/mol. The van der Waals surface area contributed by atoms with E-state index >= 15 is 0 Å². The summed E-state index contributed by atoms with van der Waals surface area (Å²) in [5, 5.41) is 0. The summed E-state index contributed by atoms with van der Waals surface area (Å²) in [6, 6.07) is 19.0. The number of hydrogen-bond acceptors (Lipinski definition) is 2. The summed E-state index contributed by atoms with van der Waals surface area (Å²) in [5.41, 5.74) is 7.26. The van der Waals surface area contributed by atoms with Crippen LogP contribution < -0.4 is 5.43 Å². The van der Waals surface area contributed by atoms with Gasteiger partial charge in [0.1, 0.15) is 0 Å². The van der Waals surface area contributed by atoms with Gasteiger partial charge in [0.2, 0.25) is 0 Å². The van der Waals surface area contributed by atoms with Crippen molar-refractivity contribution in [3.8, 4) is 0 Å². The van der Waals surface area contributed by atoms with Crippen LogP contribution in [0.15, 0.2) is 70.1 Å². The Bertz CT molecular complexity index is 929. The minimum atomic E-state index is -0.141. The molecule has 2 aromatic carbocycles. The van der Waals surface area contributed by atoms with Gasteiger partial charge in [0.15, 0.2) is 0 Å². The van der Waals surface area contributed by atoms with Gasteiger partial charge in [-0.1, -0.05) is 40.2 Å². The summed E-state index contributed by atoms with van der Waals surface area (Å²) >= 11 is 3.44. The molecule has 0 radical (unpaired) electrons. The van der Waals surface area contributed by atoms with Gasteiger partial charge in [-0.05, 0) is 50.2 Å². The average Bonchev–Trinajstić information content (AvgIpc) is 2.88. The fraction of sp³-hybridized carbons (Fsp3) is 0.100. The van der Waals surface area contributed by atoms with Crippen molar-refractivity contribution >= 4 is 33.7 Å². The molecule has 3 rings (SSSR count). The summed E-state index contributed by atoms with van der Waals surface area (Å²) < 4.78 is 2.78. The van der Waals surface area contributed by atoms with Gasteiger partial charge in [-0.2, -0.15) is 0 Å². The summed E-state index contributed by atoms with van der Waals surface area (Å²) in [4.78, 5) is 16.9.